The normalized spacial score (nSPS) is 16.8. The minimum Gasteiger partial charge on any atom is -0.476 e. The molecule has 0 radical (unpaired) electrons. The van der Waals surface area contributed by atoms with E-state index in [-0.39, 0.29) is 0 Å². The summed E-state index contributed by atoms with van der Waals surface area (Å²) in [4.78, 5) is 6.57. The molecule has 0 aromatic carbocycles. The van der Waals surface area contributed by atoms with Crippen LogP contribution in [0.15, 0.2) is 24.7 Å². The van der Waals surface area contributed by atoms with E-state index in [9.17, 15) is 0 Å². The maximum absolute atomic E-state index is 6.05. The Hall–Kier alpha value is -1.66. The standard InChI is InChI=1S/C15H20ClN5O/c1-20-11-18-19-14(20)9-21-7-4-12(5-8-21)10-22-15-13(16)3-2-6-17-15/h2-3,6,11-12H,4-5,7-10H2,1H3. The quantitative estimate of drug-likeness (QED) is 0.844. The fourth-order valence-electron chi connectivity index (χ4n) is 2.64. The zero-order chi connectivity index (χ0) is 15.4. The van der Waals surface area contributed by atoms with Crippen LogP contribution in [0.2, 0.25) is 5.02 Å². The Labute approximate surface area is 135 Å². The first-order valence-corrected chi connectivity index (χ1v) is 7.88. The lowest BCUT2D eigenvalue weighted by atomic mass is 9.98. The zero-order valence-corrected chi connectivity index (χ0v) is 13.4. The van der Waals surface area contributed by atoms with Crippen LogP contribution in [-0.4, -0.2) is 44.3 Å². The fraction of sp³-hybridized carbons (Fsp3) is 0.533. The van der Waals surface area contributed by atoms with Gasteiger partial charge in [0.05, 0.1) is 13.2 Å². The molecule has 2 aromatic rings. The SMILES string of the molecule is Cn1cnnc1CN1CCC(COc2ncccc2Cl)CC1. The minimum atomic E-state index is 0.533. The van der Waals surface area contributed by atoms with E-state index in [0.29, 0.717) is 23.4 Å². The van der Waals surface area contributed by atoms with Gasteiger partial charge in [-0.2, -0.15) is 0 Å². The second kappa shape index (κ2) is 7.07. The van der Waals surface area contributed by atoms with E-state index in [4.69, 9.17) is 16.3 Å². The summed E-state index contributed by atoms with van der Waals surface area (Å²) in [7, 11) is 1.98. The Morgan fingerprint density at radius 3 is 2.86 bits per heavy atom. The summed E-state index contributed by atoms with van der Waals surface area (Å²) in [5.74, 6) is 2.09. The second-order valence-electron chi connectivity index (χ2n) is 5.68. The molecular formula is C15H20ClN5O. The third-order valence-corrected chi connectivity index (χ3v) is 4.35. The molecule has 0 unspecified atom stereocenters. The Morgan fingerprint density at radius 1 is 1.36 bits per heavy atom. The summed E-state index contributed by atoms with van der Waals surface area (Å²) in [5.41, 5.74) is 0. The molecule has 3 rings (SSSR count). The van der Waals surface area contributed by atoms with Crippen molar-refractivity contribution in [1.29, 1.82) is 0 Å². The summed E-state index contributed by atoms with van der Waals surface area (Å²) in [6.07, 6.45) is 5.67. The maximum atomic E-state index is 6.05. The molecule has 0 saturated carbocycles. The van der Waals surface area contributed by atoms with E-state index in [0.717, 1.165) is 38.3 Å². The molecule has 1 saturated heterocycles. The zero-order valence-electron chi connectivity index (χ0n) is 12.7. The number of aryl methyl sites for hydroxylation is 1. The number of halogens is 1. The van der Waals surface area contributed by atoms with Crippen LogP contribution >= 0.6 is 11.6 Å². The molecule has 0 amide bonds. The molecule has 0 aliphatic carbocycles. The smallest absolute Gasteiger partial charge is 0.232 e. The average molecular weight is 322 g/mol. The van der Waals surface area contributed by atoms with E-state index in [2.05, 4.69) is 20.1 Å². The lowest BCUT2D eigenvalue weighted by molar-refractivity contribution is 0.132. The van der Waals surface area contributed by atoms with E-state index in [1.165, 1.54) is 0 Å². The first-order chi connectivity index (χ1) is 10.7. The first kappa shape index (κ1) is 15.2. The van der Waals surface area contributed by atoms with Gasteiger partial charge in [0, 0.05) is 13.2 Å². The van der Waals surface area contributed by atoms with Crippen LogP contribution in [-0.2, 0) is 13.6 Å². The molecule has 0 bridgehead atoms. The van der Waals surface area contributed by atoms with Gasteiger partial charge in [-0.1, -0.05) is 11.6 Å². The van der Waals surface area contributed by atoms with Crippen molar-refractivity contribution in [2.45, 2.75) is 19.4 Å². The van der Waals surface area contributed by atoms with Gasteiger partial charge >= 0.3 is 0 Å². The number of nitrogens with zero attached hydrogens (tertiary/aromatic N) is 5. The second-order valence-corrected chi connectivity index (χ2v) is 6.09. The molecule has 22 heavy (non-hydrogen) atoms. The van der Waals surface area contributed by atoms with Crippen LogP contribution in [0, 0.1) is 5.92 Å². The highest BCUT2D eigenvalue weighted by atomic mass is 35.5. The molecule has 0 spiro atoms. The molecule has 2 aromatic heterocycles. The molecule has 6 nitrogen and oxygen atoms in total. The number of hydrogen-bond donors (Lipinski definition) is 0. The van der Waals surface area contributed by atoms with Gasteiger partial charge in [0.1, 0.15) is 17.2 Å². The van der Waals surface area contributed by atoms with Crippen molar-refractivity contribution < 1.29 is 4.74 Å². The Balaban J connectivity index is 1.44. The molecule has 1 aliphatic heterocycles. The Kier molecular flexibility index (Phi) is 4.90. The number of piperidine rings is 1. The van der Waals surface area contributed by atoms with Gasteiger partial charge in [0.2, 0.25) is 5.88 Å². The van der Waals surface area contributed by atoms with Crippen LogP contribution in [0.25, 0.3) is 0 Å². The monoisotopic (exact) mass is 321 g/mol. The van der Waals surface area contributed by atoms with E-state index in [1.807, 2.05) is 11.6 Å². The highest BCUT2D eigenvalue weighted by Crippen LogP contribution is 2.23. The number of aromatic nitrogens is 4. The van der Waals surface area contributed by atoms with Crippen molar-refractivity contribution in [1.82, 2.24) is 24.6 Å². The Morgan fingerprint density at radius 2 is 2.18 bits per heavy atom. The van der Waals surface area contributed by atoms with Crippen molar-refractivity contribution in [2.75, 3.05) is 19.7 Å². The van der Waals surface area contributed by atoms with Crippen molar-refractivity contribution in [2.24, 2.45) is 13.0 Å². The molecular weight excluding hydrogens is 302 g/mol. The summed E-state index contributed by atoms with van der Waals surface area (Å²) in [5, 5.41) is 8.63. The number of hydrogen-bond acceptors (Lipinski definition) is 5. The van der Waals surface area contributed by atoms with Crippen LogP contribution in [0.5, 0.6) is 5.88 Å². The van der Waals surface area contributed by atoms with Gasteiger partial charge in [-0.3, -0.25) is 4.90 Å². The van der Waals surface area contributed by atoms with Gasteiger partial charge < -0.3 is 9.30 Å². The number of rotatable bonds is 5. The molecule has 118 valence electrons. The average Bonchev–Trinajstić information content (AvgIpc) is 2.93. The van der Waals surface area contributed by atoms with Crippen LogP contribution in [0.1, 0.15) is 18.7 Å². The van der Waals surface area contributed by atoms with Gasteiger partial charge in [0.15, 0.2) is 0 Å². The molecule has 0 N–H and O–H groups in total. The molecule has 7 heteroatoms. The summed E-state index contributed by atoms with van der Waals surface area (Å²) >= 11 is 6.05. The summed E-state index contributed by atoms with van der Waals surface area (Å²) in [6, 6.07) is 3.60. The third kappa shape index (κ3) is 3.75. The lowest BCUT2D eigenvalue weighted by Gasteiger charge is -2.31. The number of pyridine rings is 1. The van der Waals surface area contributed by atoms with Gasteiger partial charge in [0.25, 0.3) is 0 Å². The minimum absolute atomic E-state index is 0.533. The van der Waals surface area contributed by atoms with Gasteiger partial charge in [-0.05, 0) is 44.0 Å². The predicted molar refractivity (Wildman–Crippen MR) is 83.7 cm³/mol. The van der Waals surface area contributed by atoms with E-state index < -0.39 is 0 Å². The molecule has 1 aliphatic rings. The molecule has 3 heterocycles. The largest absolute Gasteiger partial charge is 0.476 e. The molecule has 1 fully saturated rings. The lowest BCUT2D eigenvalue weighted by Crippen LogP contribution is -2.35. The topological polar surface area (TPSA) is 56.1 Å². The van der Waals surface area contributed by atoms with E-state index in [1.54, 1.807) is 24.7 Å². The number of ether oxygens (including phenoxy) is 1. The first-order valence-electron chi connectivity index (χ1n) is 7.51. The van der Waals surface area contributed by atoms with Crippen molar-refractivity contribution >= 4 is 11.6 Å². The highest BCUT2D eigenvalue weighted by molar-refractivity contribution is 6.31. The van der Waals surface area contributed by atoms with Crippen LogP contribution < -0.4 is 4.74 Å². The van der Waals surface area contributed by atoms with Crippen molar-refractivity contribution in [3.05, 3.63) is 35.5 Å². The number of likely N-dealkylation sites (tertiary alicyclic amines) is 1. The third-order valence-electron chi connectivity index (χ3n) is 4.06. The Bertz CT molecular complexity index is 609. The van der Waals surface area contributed by atoms with Crippen LogP contribution in [0.4, 0.5) is 0 Å². The summed E-state index contributed by atoms with van der Waals surface area (Å²) < 4.78 is 7.72. The van der Waals surface area contributed by atoms with Crippen LogP contribution in [0.3, 0.4) is 0 Å². The fourth-order valence-corrected chi connectivity index (χ4v) is 2.81. The molecule has 0 atom stereocenters. The predicted octanol–water partition coefficient (Wildman–Crippen LogP) is 2.15. The van der Waals surface area contributed by atoms with Crippen molar-refractivity contribution in [3.63, 3.8) is 0 Å². The van der Waals surface area contributed by atoms with Crippen molar-refractivity contribution in [3.8, 4) is 5.88 Å². The summed E-state index contributed by atoms with van der Waals surface area (Å²) in [6.45, 7) is 3.64. The van der Waals surface area contributed by atoms with E-state index >= 15 is 0 Å². The highest BCUT2D eigenvalue weighted by Gasteiger charge is 2.21. The maximum Gasteiger partial charge on any atom is 0.232 e. The van der Waals surface area contributed by atoms with Gasteiger partial charge in [-0.25, -0.2) is 4.98 Å². The van der Waals surface area contributed by atoms with Gasteiger partial charge in [-0.15, -0.1) is 10.2 Å².